The summed E-state index contributed by atoms with van der Waals surface area (Å²) in [4.78, 5) is 4.59. The fourth-order valence-electron chi connectivity index (χ4n) is 4.55. The number of ether oxygens (including phenoxy) is 14. The number of hydrogen-bond acceptors (Lipinski definition) is 16. The highest BCUT2D eigenvalue weighted by Gasteiger charge is 2.24. The Bertz CT molecular complexity index is 662. The zero-order chi connectivity index (χ0) is 34.6. The van der Waals surface area contributed by atoms with Crippen LogP contribution in [0.5, 0.6) is 0 Å². The Hall–Kier alpha value is -0.640. The maximum Gasteiger partial charge on any atom is 0.104 e. The van der Waals surface area contributed by atoms with Gasteiger partial charge in [-0.15, -0.1) is 0 Å². The standard InChI is InChI=1S/C34H64N2O14/c1(35(3-9-39-15-19-43-23-31-27-47-31)4-10-40-16-20-44-24-32-28-48-32)7-37-13-14-38-8-2-36(5-11-41-17-21-45-25-33-29-49-33)6-12-42-18-22-46-26-34-30-50-34/h31-34H,1-30H2. The lowest BCUT2D eigenvalue weighted by Crippen LogP contribution is -2.35. The van der Waals surface area contributed by atoms with Crippen molar-refractivity contribution < 1.29 is 66.3 Å². The van der Waals surface area contributed by atoms with Gasteiger partial charge in [-0.1, -0.05) is 0 Å². The van der Waals surface area contributed by atoms with Crippen LogP contribution in [-0.2, 0) is 66.3 Å². The lowest BCUT2D eigenvalue weighted by Gasteiger charge is -2.23. The summed E-state index contributed by atoms with van der Waals surface area (Å²) in [5, 5.41) is 0. The number of epoxide rings is 4. The highest BCUT2D eigenvalue weighted by atomic mass is 16.6. The van der Waals surface area contributed by atoms with Crippen LogP contribution < -0.4 is 0 Å². The van der Waals surface area contributed by atoms with E-state index in [2.05, 4.69) is 9.80 Å². The molecule has 0 spiro atoms. The molecule has 4 aliphatic rings. The molecule has 4 atom stereocenters. The van der Waals surface area contributed by atoms with Crippen molar-refractivity contribution in [2.24, 2.45) is 0 Å². The van der Waals surface area contributed by atoms with Crippen LogP contribution in [0.4, 0.5) is 0 Å². The smallest absolute Gasteiger partial charge is 0.104 e. The van der Waals surface area contributed by atoms with Crippen molar-refractivity contribution in [3.63, 3.8) is 0 Å². The molecule has 0 aromatic carbocycles. The minimum absolute atomic E-state index is 0.278. The first-order valence-electron chi connectivity index (χ1n) is 18.5. The maximum absolute atomic E-state index is 5.90. The van der Waals surface area contributed by atoms with Gasteiger partial charge < -0.3 is 66.3 Å². The van der Waals surface area contributed by atoms with Crippen LogP contribution in [0.3, 0.4) is 0 Å². The first kappa shape index (κ1) is 42.1. The predicted octanol–water partition coefficient (Wildman–Crippen LogP) is -0.648. The van der Waals surface area contributed by atoms with E-state index in [9.17, 15) is 0 Å². The number of nitrogens with zero attached hydrogens (tertiary/aromatic N) is 2. The molecular formula is C34H64N2O14. The summed E-state index contributed by atoms with van der Waals surface area (Å²) in [7, 11) is 0. The molecular weight excluding hydrogens is 660 g/mol. The van der Waals surface area contributed by atoms with Gasteiger partial charge in [0.2, 0.25) is 0 Å². The average Bonchev–Trinajstić information content (AvgIpc) is 3.92. The molecule has 0 aromatic heterocycles. The van der Waals surface area contributed by atoms with Crippen LogP contribution in [0.25, 0.3) is 0 Å². The van der Waals surface area contributed by atoms with Gasteiger partial charge in [-0.25, -0.2) is 0 Å². The molecule has 0 amide bonds. The van der Waals surface area contributed by atoms with Crippen molar-refractivity contribution in [1.82, 2.24) is 9.80 Å². The molecule has 0 radical (unpaired) electrons. The minimum atomic E-state index is 0.278. The molecule has 50 heavy (non-hydrogen) atoms. The quantitative estimate of drug-likeness (QED) is 0.0581. The van der Waals surface area contributed by atoms with Gasteiger partial charge in [0.25, 0.3) is 0 Å². The van der Waals surface area contributed by atoms with E-state index in [1.165, 1.54) is 0 Å². The third-order valence-electron chi connectivity index (χ3n) is 8.00. The Kier molecular flexibility index (Phi) is 24.3. The van der Waals surface area contributed by atoms with Gasteiger partial charge in [-0.05, 0) is 0 Å². The SMILES string of the molecule is C(COCCN(CCOCCOCC1CO1)CCOCCOCC1CO1)OCCN(CCOCCOCC1CO1)CCOCCOCC1CO1. The third kappa shape index (κ3) is 26.2. The van der Waals surface area contributed by atoms with Crippen LogP contribution in [0.2, 0.25) is 0 Å². The summed E-state index contributed by atoms with van der Waals surface area (Å²) in [5.74, 6) is 0. The van der Waals surface area contributed by atoms with Crippen LogP contribution >= 0.6 is 0 Å². The van der Waals surface area contributed by atoms with Gasteiger partial charge in [0.15, 0.2) is 0 Å². The van der Waals surface area contributed by atoms with E-state index in [0.29, 0.717) is 132 Å². The fourth-order valence-corrected chi connectivity index (χ4v) is 4.55. The molecule has 4 rings (SSSR count). The van der Waals surface area contributed by atoms with Gasteiger partial charge in [0.1, 0.15) is 24.4 Å². The molecule has 4 heterocycles. The van der Waals surface area contributed by atoms with E-state index in [1.807, 2.05) is 0 Å². The maximum atomic E-state index is 5.90. The van der Waals surface area contributed by atoms with Crippen molar-refractivity contribution in [2.75, 3.05) is 198 Å². The molecule has 4 aliphatic heterocycles. The van der Waals surface area contributed by atoms with E-state index in [0.717, 1.165) is 65.7 Å². The highest BCUT2D eigenvalue weighted by Crippen LogP contribution is 2.10. The molecule has 0 bridgehead atoms. The average molecular weight is 725 g/mol. The molecule has 16 heteroatoms. The molecule has 294 valence electrons. The largest absolute Gasteiger partial charge is 0.378 e. The monoisotopic (exact) mass is 724 g/mol. The first-order valence-corrected chi connectivity index (χ1v) is 18.5. The summed E-state index contributed by atoms with van der Waals surface area (Å²) < 4.78 is 77.7. The molecule has 4 fully saturated rings. The summed E-state index contributed by atoms with van der Waals surface area (Å²) in [6.07, 6.45) is 1.11. The van der Waals surface area contributed by atoms with Crippen LogP contribution in [0.15, 0.2) is 0 Å². The van der Waals surface area contributed by atoms with Crippen molar-refractivity contribution in [3.05, 3.63) is 0 Å². The molecule has 0 aliphatic carbocycles. The van der Waals surface area contributed by atoms with Gasteiger partial charge >= 0.3 is 0 Å². The highest BCUT2D eigenvalue weighted by molar-refractivity contribution is 4.69. The summed E-state index contributed by atoms with van der Waals surface area (Å²) in [5.41, 5.74) is 0. The second-order valence-electron chi connectivity index (χ2n) is 12.5. The van der Waals surface area contributed by atoms with Crippen molar-refractivity contribution in [1.29, 1.82) is 0 Å². The second kappa shape index (κ2) is 28.8. The van der Waals surface area contributed by atoms with Gasteiger partial charge in [-0.2, -0.15) is 0 Å². The summed E-state index contributed by atoms with van der Waals surface area (Å²) in [6.45, 7) is 19.9. The first-order chi connectivity index (χ1) is 24.8. The minimum Gasteiger partial charge on any atom is -0.378 e. The van der Waals surface area contributed by atoms with Crippen LogP contribution in [0, 0.1) is 0 Å². The Balaban J connectivity index is 0.988. The predicted molar refractivity (Wildman–Crippen MR) is 180 cm³/mol. The molecule has 0 N–H and O–H groups in total. The zero-order valence-electron chi connectivity index (χ0n) is 30.1. The molecule has 16 nitrogen and oxygen atoms in total. The van der Waals surface area contributed by atoms with Crippen molar-refractivity contribution >= 4 is 0 Å². The lowest BCUT2D eigenvalue weighted by atomic mass is 10.4. The number of rotatable bonds is 41. The van der Waals surface area contributed by atoms with E-state index < -0.39 is 0 Å². The third-order valence-corrected chi connectivity index (χ3v) is 8.00. The summed E-state index contributed by atoms with van der Waals surface area (Å²) in [6, 6.07) is 0. The Morgan fingerprint density at radius 1 is 0.280 bits per heavy atom. The van der Waals surface area contributed by atoms with Crippen molar-refractivity contribution in [3.8, 4) is 0 Å². The van der Waals surface area contributed by atoms with Gasteiger partial charge in [-0.3, -0.25) is 9.80 Å². The van der Waals surface area contributed by atoms with E-state index in [-0.39, 0.29) is 24.4 Å². The zero-order valence-corrected chi connectivity index (χ0v) is 30.1. The van der Waals surface area contributed by atoms with E-state index in [1.54, 1.807) is 0 Å². The normalized spacial score (nSPS) is 22.2. The van der Waals surface area contributed by atoms with E-state index in [4.69, 9.17) is 66.3 Å². The van der Waals surface area contributed by atoms with Gasteiger partial charge in [0.05, 0.1) is 159 Å². The Morgan fingerprint density at radius 3 is 0.640 bits per heavy atom. The Labute approximate surface area is 298 Å². The number of hydrogen-bond donors (Lipinski definition) is 0. The Morgan fingerprint density at radius 2 is 0.460 bits per heavy atom. The lowest BCUT2D eigenvalue weighted by molar-refractivity contribution is 0.00171. The molecule has 4 saturated heterocycles. The fraction of sp³-hybridized carbons (Fsp3) is 1.00. The summed E-state index contributed by atoms with van der Waals surface area (Å²) >= 11 is 0. The van der Waals surface area contributed by atoms with Crippen LogP contribution in [-0.4, -0.2) is 232 Å². The van der Waals surface area contributed by atoms with Crippen LogP contribution in [0.1, 0.15) is 0 Å². The second-order valence-corrected chi connectivity index (χ2v) is 12.5. The van der Waals surface area contributed by atoms with E-state index >= 15 is 0 Å². The molecule has 0 aromatic rings. The molecule has 0 saturated carbocycles. The van der Waals surface area contributed by atoms with Gasteiger partial charge in [0, 0.05) is 39.3 Å². The molecule has 4 unspecified atom stereocenters. The topological polar surface area (TPSA) is 149 Å². The van der Waals surface area contributed by atoms with Crippen molar-refractivity contribution in [2.45, 2.75) is 24.4 Å².